The molecule has 0 aromatic carbocycles. The normalized spacial score (nSPS) is 23.9. The maximum absolute atomic E-state index is 12.0. The van der Waals surface area contributed by atoms with Crippen molar-refractivity contribution in [2.75, 3.05) is 5.32 Å². The van der Waals surface area contributed by atoms with Crippen LogP contribution < -0.4 is 11.1 Å². The first kappa shape index (κ1) is 13.1. The number of H-pyrrole nitrogens is 1. The Hall–Kier alpha value is -1.36. The first-order valence-electron chi connectivity index (χ1n) is 6.65. The van der Waals surface area contributed by atoms with Crippen LogP contribution in [0.1, 0.15) is 43.5 Å². The van der Waals surface area contributed by atoms with Crippen molar-refractivity contribution in [3.8, 4) is 0 Å². The number of rotatable bonds is 3. The van der Waals surface area contributed by atoms with E-state index in [9.17, 15) is 4.79 Å². The molecular formula is C13H22N4O. The van der Waals surface area contributed by atoms with Crippen molar-refractivity contribution < 1.29 is 4.79 Å². The number of aryl methyl sites for hydroxylation is 2. The number of hydrogen-bond donors (Lipinski definition) is 3. The van der Waals surface area contributed by atoms with Gasteiger partial charge in [0.15, 0.2) is 0 Å². The van der Waals surface area contributed by atoms with Crippen molar-refractivity contribution >= 4 is 11.6 Å². The van der Waals surface area contributed by atoms with Crippen molar-refractivity contribution in [1.29, 1.82) is 0 Å². The number of carbonyl (C=O) groups is 1. The van der Waals surface area contributed by atoms with Crippen LogP contribution in [0.25, 0.3) is 0 Å². The van der Waals surface area contributed by atoms with Gasteiger partial charge in [-0.15, -0.1) is 0 Å². The van der Waals surface area contributed by atoms with Crippen molar-refractivity contribution in [3.05, 3.63) is 11.4 Å². The van der Waals surface area contributed by atoms with Gasteiger partial charge in [-0.05, 0) is 32.6 Å². The van der Waals surface area contributed by atoms with Crippen LogP contribution in [0.4, 0.5) is 5.69 Å². The summed E-state index contributed by atoms with van der Waals surface area (Å²) >= 11 is 0. The fourth-order valence-electron chi connectivity index (χ4n) is 2.65. The third-order valence-corrected chi connectivity index (χ3v) is 3.81. The molecule has 1 amide bonds. The van der Waals surface area contributed by atoms with Crippen LogP contribution in [-0.2, 0) is 4.79 Å². The maximum atomic E-state index is 12.0. The lowest BCUT2D eigenvalue weighted by Crippen LogP contribution is -2.35. The van der Waals surface area contributed by atoms with E-state index < -0.39 is 0 Å². The predicted molar refractivity (Wildman–Crippen MR) is 71.2 cm³/mol. The third kappa shape index (κ3) is 2.90. The molecule has 1 aromatic heterocycles. The molecule has 0 aliphatic heterocycles. The molecule has 100 valence electrons. The SMILES string of the molecule is Cc1n[nH]c(C)c1NC(=O)CC1CCCCC1N. The molecule has 5 heteroatoms. The van der Waals surface area contributed by atoms with E-state index in [4.69, 9.17) is 5.73 Å². The van der Waals surface area contributed by atoms with E-state index in [-0.39, 0.29) is 11.9 Å². The van der Waals surface area contributed by atoms with Crippen LogP contribution in [-0.4, -0.2) is 22.1 Å². The molecule has 5 nitrogen and oxygen atoms in total. The second kappa shape index (κ2) is 5.52. The van der Waals surface area contributed by atoms with Crippen molar-refractivity contribution in [2.24, 2.45) is 11.7 Å². The van der Waals surface area contributed by atoms with E-state index in [1.807, 2.05) is 13.8 Å². The van der Waals surface area contributed by atoms with E-state index in [0.29, 0.717) is 12.3 Å². The number of aromatic amines is 1. The van der Waals surface area contributed by atoms with Gasteiger partial charge in [0.1, 0.15) is 0 Å². The Kier molecular flexibility index (Phi) is 4.01. The smallest absolute Gasteiger partial charge is 0.224 e. The molecule has 0 radical (unpaired) electrons. The number of aromatic nitrogens is 2. The van der Waals surface area contributed by atoms with E-state index >= 15 is 0 Å². The lowest BCUT2D eigenvalue weighted by atomic mass is 9.83. The standard InChI is InChI=1S/C13H22N4O/c1-8-13(9(2)17-16-8)15-12(18)7-10-5-3-4-6-11(10)14/h10-11H,3-7,14H2,1-2H3,(H,15,18)(H,16,17). The number of carbonyl (C=O) groups excluding carboxylic acids is 1. The molecule has 2 unspecified atom stereocenters. The first-order valence-corrected chi connectivity index (χ1v) is 6.65. The Bertz CT molecular complexity index is 407. The largest absolute Gasteiger partial charge is 0.327 e. The molecular weight excluding hydrogens is 228 g/mol. The fraction of sp³-hybridized carbons (Fsp3) is 0.692. The number of hydrogen-bond acceptors (Lipinski definition) is 3. The predicted octanol–water partition coefficient (Wildman–Crippen LogP) is 1.87. The fourth-order valence-corrected chi connectivity index (χ4v) is 2.65. The summed E-state index contributed by atoms with van der Waals surface area (Å²) in [6, 6.07) is 0.177. The van der Waals surface area contributed by atoms with Gasteiger partial charge in [0.2, 0.25) is 5.91 Å². The van der Waals surface area contributed by atoms with Crippen molar-refractivity contribution in [1.82, 2.24) is 10.2 Å². The number of nitrogens with two attached hydrogens (primary N) is 1. The summed E-state index contributed by atoms with van der Waals surface area (Å²) in [6.45, 7) is 3.79. The van der Waals surface area contributed by atoms with Gasteiger partial charge in [-0.3, -0.25) is 9.89 Å². The minimum atomic E-state index is 0.0463. The minimum absolute atomic E-state index is 0.0463. The summed E-state index contributed by atoms with van der Waals surface area (Å²) in [4.78, 5) is 12.0. The number of nitrogens with zero attached hydrogens (tertiary/aromatic N) is 1. The zero-order chi connectivity index (χ0) is 13.1. The van der Waals surface area contributed by atoms with Gasteiger partial charge in [-0.1, -0.05) is 12.8 Å². The Balaban J connectivity index is 1.92. The van der Waals surface area contributed by atoms with E-state index in [2.05, 4.69) is 15.5 Å². The van der Waals surface area contributed by atoms with Crippen LogP contribution in [0.3, 0.4) is 0 Å². The molecule has 0 saturated heterocycles. The van der Waals surface area contributed by atoms with E-state index in [1.54, 1.807) is 0 Å². The molecule has 2 atom stereocenters. The highest BCUT2D eigenvalue weighted by molar-refractivity contribution is 5.92. The zero-order valence-electron chi connectivity index (χ0n) is 11.1. The second-order valence-electron chi connectivity index (χ2n) is 5.27. The van der Waals surface area contributed by atoms with Crippen LogP contribution in [0.15, 0.2) is 0 Å². The summed E-state index contributed by atoms with van der Waals surface area (Å²) in [6.07, 6.45) is 5.01. The number of nitrogens with one attached hydrogen (secondary N) is 2. The number of anilines is 1. The van der Waals surface area contributed by atoms with Crippen LogP contribution in [0, 0.1) is 19.8 Å². The highest BCUT2D eigenvalue weighted by atomic mass is 16.1. The molecule has 1 aromatic rings. The van der Waals surface area contributed by atoms with Gasteiger partial charge in [-0.25, -0.2) is 0 Å². The van der Waals surface area contributed by atoms with Gasteiger partial charge in [0.25, 0.3) is 0 Å². The zero-order valence-corrected chi connectivity index (χ0v) is 11.1. The van der Waals surface area contributed by atoms with E-state index in [1.165, 1.54) is 12.8 Å². The minimum Gasteiger partial charge on any atom is -0.327 e. The van der Waals surface area contributed by atoms with Gasteiger partial charge >= 0.3 is 0 Å². The molecule has 0 bridgehead atoms. The van der Waals surface area contributed by atoms with Crippen LogP contribution in [0.2, 0.25) is 0 Å². The summed E-state index contributed by atoms with van der Waals surface area (Å²) in [7, 11) is 0. The molecule has 1 aliphatic rings. The lowest BCUT2D eigenvalue weighted by Gasteiger charge is -2.27. The third-order valence-electron chi connectivity index (χ3n) is 3.81. The summed E-state index contributed by atoms with van der Waals surface area (Å²) < 4.78 is 0. The molecule has 1 aliphatic carbocycles. The Morgan fingerprint density at radius 3 is 2.78 bits per heavy atom. The van der Waals surface area contributed by atoms with Gasteiger partial charge in [0.05, 0.1) is 17.1 Å². The lowest BCUT2D eigenvalue weighted by molar-refractivity contribution is -0.117. The highest BCUT2D eigenvalue weighted by Gasteiger charge is 2.24. The Labute approximate surface area is 108 Å². The Morgan fingerprint density at radius 2 is 2.17 bits per heavy atom. The topological polar surface area (TPSA) is 83.8 Å². The van der Waals surface area contributed by atoms with Crippen LogP contribution >= 0.6 is 0 Å². The molecule has 1 heterocycles. The highest BCUT2D eigenvalue weighted by Crippen LogP contribution is 2.26. The summed E-state index contributed by atoms with van der Waals surface area (Å²) in [5.41, 5.74) is 8.60. The van der Waals surface area contributed by atoms with Gasteiger partial charge in [0, 0.05) is 12.5 Å². The summed E-state index contributed by atoms with van der Waals surface area (Å²) in [5, 5.41) is 9.87. The molecule has 1 saturated carbocycles. The maximum Gasteiger partial charge on any atom is 0.224 e. The molecule has 0 spiro atoms. The molecule has 18 heavy (non-hydrogen) atoms. The summed E-state index contributed by atoms with van der Waals surface area (Å²) in [5.74, 6) is 0.371. The Morgan fingerprint density at radius 1 is 1.44 bits per heavy atom. The van der Waals surface area contributed by atoms with Crippen molar-refractivity contribution in [3.63, 3.8) is 0 Å². The van der Waals surface area contributed by atoms with E-state index in [0.717, 1.165) is 29.9 Å². The average Bonchev–Trinajstić information content (AvgIpc) is 2.64. The quantitative estimate of drug-likeness (QED) is 0.765. The monoisotopic (exact) mass is 250 g/mol. The average molecular weight is 250 g/mol. The van der Waals surface area contributed by atoms with Crippen molar-refractivity contribution in [2.45, 2.75) is 52.0 Å². The molecule has 1 fully saturated rings. The molecule has 2 rings (SSSR count). The molecule has 4 N–H and O–H groups in total. The van der Waals surface area contributed by atoms with Gasteiger partial charge in [-0.2, -0.15) is 5.10 Å². The first-order chi connectivity index (χ1) is 8.58. The van der Waals surface area contributed by atoms with Gasteiger partial charge < -0.3 is 11.1 Å². The van der Waals surface area contributed by atoms with Crippen LogP contribution in [0.5, 0.6) is 0 Å². The second-order valence-corrected chi connectivity index (χ2v) is 5.27. The number of amides is 1.